The molecule has 1 aliphatic heterocycles. The zero-order chi connectivity index (χ0) is 16.9. The van der Waals surface area contributed by atoms with E-state index in [1.807, 2.05) is 60.9 Å². The standard InChI is InChI=1S/C18H19N3O2S/c1-24-16-10-6-5-9-15(16)20-18(23)19-13-11-17(22)21(12-13)14-7-3-2-4-8-14/h2-10,13H,11-12H2,1H3,(H2,19,20,23). The van der Waals surface area contributed by atoms with E-state index in [1.54, 1.807) is 16.7 Å². The first-order chi connectivity index (χ1) is 11.7. The normalized spacial score (nSPS) is 17.0. The smallest absolute Gasteiger partial charge is 0.319 e. The zero-order valence-corrected chi connectivity index (χ0v) is 14.2. The molecule has 124 valence electrons. The summed E-state index contributed by atoms with van der Waals surface area (Å²) in [6.07, 6.45) is 2.28. The number of benzene rings is 2. The molecular formula is C18H19N3O2S. The molecule has 0 spiro atoms. The van der Waals surface area contributed by atoms with Crippen molar-refractivity contribution >= 4 is 35.1 Å². The van der Waals surface area contributed by atoms with E-state index in [9.17, 15) is 9.59 Å². The molecule has 3 amide bonds. The fraction of sp³-hybridized carbons (Fsp3) is 0.222. The third-order valence-corrected chi connectivity index (χ3v) is 4.68. The van der Waals surface area contributed by atoms with Crippen LogP contribution < -0.4 is 15.5 Å². The van der Waals surface area contributed by atoms with Crippen LogP contribution in [0.1, 0.15) is 6.42 Å². The first kappa shape index (κ1) is 16.4. The number of carbonyl (C=O) groups is 2. The van der Waals surface area contributed by atoms with Crippen molar-refractivity contribution in [3.63, 3.8) is 0 Å². The summed E-state index contributed by atoms with van der Waals surface area (Å²) >= 11 is 1.57. The number of para-hydroxylation sites is 2. The molecule has 6 heteroatoms. The second-order valence-corrected chi connectivity index (χ2v) is 6.39. The van der Waals surface area contributed by atoms with Crippen molar-refractivity contribution in [1.82, 2.24) is 5.32 Å². The average Bonchev–Trinajstić information content (AvgIpc) is 2.96. The number of nitrogens with zero attached hydrogens (tertiary/aromatic N) is 1. The highest BCUT2D eigenvalue weighted by molar-refractivity contribution is 7.98. The Morgan fingerprint density at radius 2 is 1.83 bits per heavy atom. The molecule has 2 aromatic rings. The van der Waals surface area contributed by atoms with E-state index in [2.05, 4.69) is 10.6 Å². The van der Waals surface area contributed by atoms with Crippen molar-refractivity contribution in [3.8, 4) is 0 Å². The highest BCUT2D eigenvalue weighted by Gasteiger charge is 2.31. The van der Waals surface area contributed by atoms with Crippen LogP contribution in [0.4, 0.5) is 16.2 Å². The number of amides is 3. The van der Waals surface area contributed by atoms with E-state index >= 15 is 0 Å². The molecule has 0 radical (unpaired) electrons. The average molecular weight is 341 g/mol. The molecule has 1 saturated heterocycles. The molecule has 1 atom stereocenters. The van der Waals surface area contributed by atoms with E-state index in [-0.39, 0.29) is 18.0 Å². The van der Waals surface area contributed by atoms with Gasteiger partial charge in [0.1, 0.15) is 0 Å². The predicted octanol–water partition coefficient (Wildman–Crippen LogP) is 3.34. The highest BCUT2D eigenvalue weighted by Crippen LogP contribution is 2.25. The molecule has 5 nitrogen and oxygen atoms in total. The topological polar surface area (TPSA) is 61.4 Å². The number of carbonyl (C=O) groups excluding carboxylic acids is 2. The molecule has 0 aliphatic carbocycles. The summed E-state index contributed by atoms with van der Waals surface area (Å²) in [6, 6.07) is 16.7. The van der Waals surface area contributed by atoms with Gasteiger partial charge in [0.25, 0.3) is 0 Å². The Kier molecular flexibility index (Phi) is 5.05. The van der Waals surface area contributed by atoms with Gasteiger partial charge < -0.3 is 15.5 Å². The van der Waals surface area contributed by atoms with Gasteiger partial charge in [-0.15, -0.1) is 11.8 Å². The molecule has 1 unspecified atom stereocenters. The Bertz CT molecular complexity index is 736. The Hall–Kier alpha value is -2.47. The minimum Gasteiger partial charge on any atom is -0.333 e. The van der Waals surface area contributed by atoms with Crippen LogP contribution in [0.3, 0.4) is 0 Å². The number of hydrogen-bond donors (Lipinski definition) is 2. The summed E-state index contributed by atoms with van der Waals surface area (Å²) in [7, 11) is 0. The largest absolute Gasteiger partial charge is 0.333 e. The van der Waals surface area contributed by atoms with E-state index < -0.39 is 0 Å². The minimum atomic E-state index is -0.288. The van der Waals surface area contributed by atoms with E-state index in [0.29, 0.717) is 13.0 Å². The van der Waals surface area contributed by atoms with Crippen LogP contribution in [0.5, 0.6) is 0 Å². The van der Waals surface area contributed by atoms with E-state index in [0.717, 1.165) is 16.3 Å². The Morgan fingerprint density at radius 1 is 1.12 bits per heavy atom. The van der Waals surface area contributed by atoms with Gasteiger partial charge in [-0.25, -0.2) is 4.79 Å². The lowest BCUT2D eigenvalue weighted by atomic mass is 10.2. The van der Waals surface area contributed by atoms with E-state index in [1.165, 1.54) is 0 Å². The summed E-state index contributed by atoms with van der Waals surface area (Å²) < 4.78 is 0. The molecule has 2 N–H and O–H groups in total. The number of anilines is 2. The molecule has 3 rings (SSSR count). The van der Waals surface area contributed by atoms with Gasteiger partial charge in [-0.05, 0) is 30.5 Å². The summed E-state index contributed by atoms with van der Waals surface area (Å²) in [5, 5.41) is 5.74. The Balaban J connectivity index is 1.61. The Labute approximate surface area is 145 Å². The molecule has 1 fully saturated rings. The van der Waals surface area contributed by atoms with Crippen molar-refractivity contribution in [2.75, 3.05) is 23.0 Å². The van der Waals surface area contributed by atoms with Crippen LogP contribution in [-0.2, 0) is 4.79 Å². The van der Waals surface area contributed by atoms with Gasteiger partial charge >= 0.3 is 6.03 Å². The summed E-state index contributed by atoms with van der Waals surface area (Å²) in [5.74, 6) is 0.0241. The lowest BCUT2D eigenvalue weighted by molar-refractivity contribution is -0.117. The highest BCUT2D eigenvalue weighted by atomic mass is 32.2. The summed E-state index contributed by atoms with van der Waals surface area (Å²) in [5.41, 5.74) is 1.63. The van der Waals surface area contributed by atoms with Crippen LogP contribution in [0.2, 0.25) is 0 Å². The first-order valence-electron chi connectivity index (χ1n) is 7.73. The lowest BCUT2D eigenvalue weighted by Crippen LogP contribution is -2.39. The van der Waals surface area contributed by atoms with Gasteiger partial charge in [0.2, 0.25) is 5.91 Å². The van der Waals surface area contributed by atoms with Crippen LogP contribution in [0.25, 0.3) is 0 Å². The minimum absolute atomic E-state index is 0.0241. The fourth-order valence-electron chi connectivity index (χ4n) is 2.75. The van der Waals surface area contributed by atoms with Gasteiger partial charge in [-0.3, -0.25) is 4.79 Å². The van der Waals surface area contributed by atoms with Gasteiger partial charge in [-0.1, -0.05) is 30.3 Å². The number of hydrogen-bond acceptors (Lipinski definition) is 3. The van der Waals surface area contributed by atoms with Gasteiger partial charge in [0, 0.05) is 23.5 Å². The molecular weight excluding hydrogens is 322 g/mol. The molecule has 1 aliphatic rings. The maximum atomic E-state index is 12.2. The third-order valence-electron chi connectivity index (χ3n) is 3.88. The SMILES string of the molecule is CSc1ccccc1NC(=O)NC1CC(=O)N(c2ccccc2)C1. The quantitative estimate of drug-likeness (QED) is 0.839. The molecule has 0 saturated carbocycles. The second-order valence-electron chi connectivity index (χ2n) is 5.54. The van der Waals surface area contributed by atoms with Crippen molar-refractivity contribution < 1.29 is 9.59 Å². The maximum Gasteiger partial charge on any atom is 0.319 e. The Morgan fingerprint density at radius 3 is 2.58 bits per heavy atom. The number of nitrogens with one attached hydrogen (secondary N) is 2. The van der Waals surface area contributed by atoms with Crippen molar-refractivity contribution in [3.05, 3.63) is 54.6 Å². The molecule has 1 heterocycles. The molecule has 24 heavy (non-hydrogen) atoms. The van der Waals surface area contributed by atoms with Crippen LogP contribution in [0.15, 0.2) is 59.5 Å². The van der Waals surface area contributed by atoms with Gasteiger partial charge in [0.15, 0.2) is 0 Å². The van der Waals surface area contributed by atoms with E-state index in [4.69, 9.17) is 0 Å². The fourth-order valence-corrected chi connectivity index (χ4v) is 3.31. The maximum absolute atomic E-state index is 12.2. The monoisotopic (exact) mass is 341 g/mol. The number of thioether (sulfide) groups is 1. The van der Waals surface area contributed by atoms with Crippen molar-refractivity contribution in [2.45, 2.75) is 17.4 Å². The zero-order valence-electron chi connectivity index (χ0n) is 13.4. The third kappa shape index (κ3) is 3.71. The van der Waals surface area contributed by atoms with Gasteiger partial charge in [-0.2, -0.15) is 0 Å². The first-order valence-corrected chi connectivity index (χ1v) is 8.96. The van der Waals surface area contributed by atoms with Crippen LogP contribution in [-0.4, -0.2) is 30.8 Å². The molecule has 0 aromatic heterocycles. The van der Waals surface area contributed by atoms with Crippen LogP contribution in [0, 0.1) is 0 Å². The number of rotatable bonds is 4. The van der Waals surface area contributed by atoms with Crippen molar-refractivity contribution in [2.24, 2.45) is 0 Å². The van der Waals surface area contributed by atoms with Crippen LogP contribution >= 0.6 is 11.8 Å². The molecule has 2 aromatic carbocycles. The van der Waals surface area contributed by atoms with Gasteiger partial charge in [0.05, 0.1) is 11.7 Å². The predicted molar refractivity (Wildman–Crippen MR) is 97.6 cm³/mol. The second kappa shape index (κ2) is 7.40. The van der Waals surface area contributed by atoms with Crippen molar-refractivity contribution in [1.29, 1.82) is 0 Å². The summed E-state index contributed by atoms with van der Waals surface area (Å²) in [4.78, 5) is 27.1. The lowest BCUT2D eigenvalue weighted by Gasteiger charge is -2.17. The molecule has 0 bridgehead atoms. The number of urea groups is 1. The summed E-state index contributed by atoms with van der Waals surface area (Å²) in [6.45, 7) is 0.487.